The first-order valence-electron chi connectivity index (χ1n) is 7.36. The van der Waals surface area contributed by atoms with E-state index in [1.165, 1.54) is 11.0 Å². The average Bonchev–Trinajstić information content (AvgIpc) is 2.59. The molecule has 0 bridgehead atoms. The highest BCUT2D eigenvalue weighted by Crippen LogP contribution is 2.32. The maximum atomic E-state index is 12.9. The minimum atomic E-state index is -4.41. The molecule has 8 heteroatoms. The first-order chi connectivity index (χ1) is 11.8. The van der Waals surface area contributed by atoms with Gasteiger partial charge in [0.2, 0.25) is 5.96 Å². The third-order valence-electron chi connectivity index (χ3n) is 3.34. The zero-order chi connectivity index (χ0) is 18.4. The lowest BCUT2D eigenvalue weighted by atomic mass is 10.2. The van der Waals surface area contributed by atoms with E-state index in [2.05, 4.69) is 4.99 Å². The fraction of sp³-hybridized carbons (Fsp3) is 0.235. The number of alkyl halides is 4. The van der Waals surface area contributed by atoms with Gasteiger partial charge in [-0.1, -0.05) is 18.2 Å². The second-order valence-electron chi connectivity index (χ2n) is 5.08. The highest BCUT2D eigenvalue weighted by Gasteiger charge is 2.30. The van der Waals surface area contributed by atoms with Gasteiger partial charge < -0.3 is 10.6 Å². The lowest BCUT2D eigenvalue weighted by Crippen LogP contribution is -2.33. The molecule has 0 atom stereocenters. The highest BCUT2D eigenvalue weighted by atomic mass is 35.5. The Morgan fingerprint density at radius 3 is 2.60 bits per heavy atom. The van der Waals surface area contributed by atoms with Crippen LogP contribution in [0.4, 0.5) is 24.5 Å². The van der Waals surface area contributed by atoms with E-state index in [4.69, 9.17) is 17.3 Å². The Labute approximate surface area is 153 Å². The van der Waals surface area contributed by atoms with E-state index in [1.54, 1.807) is 30.9 Å². The molecule has 25 heavy (non-hydrogen) atoms. The quantitative estimate of drug-likeness (QED) is 0.335. The van der Waals surface area contributed by atoms with Crippen molar-refractivity contribution in [2.24, 2.45) is 10.7 Å². The topological polar surface area (TPSA) is 41.6 Å². The number of hydrogen-bond acceptors (Lipinski definition) is 2. The number of para-hydroxylation sites is 1. The third kappa shape index (κ3) is 5.31. The van der Waals surface area contributed by atoms with Gasteiger partial charge in [0.05, 0.1) is 11.3 Å². The first kappa shape index (κ1) is 19.5. The molecule has 0 unspecified atom stereocenters. The number of guanidine groups is 1. The molecule has 2 N–H and O–H groups in total. The van der Waals surface area contributed by atoms with Gasteiger partial charge in [-0.15, -0.1) is 23.4 Å². The maximum absolute atomic E-state index is 12.9. The number of nitrogens with zero attached hydrogens (tertiary/aromatic N) is 2. The molecule has 0 amide bonds. The fourth-order valence-corrected chi connectivity index (χ4v) is 3.01. The van der Waals surface area contributed by atoms with Crippen molar-refractivity contribution in [1.29, 1.82) is 0 Å². The smallest absolute Gasteiger partial charge is 0.369 e. The summed E-state index contributed by atoms with van der Waals surface area (Å²) in [5, 5.41) is 0. The molecule has 0 saturated heterocycles. The van der Waals surface area contributed by atoms with Gasteiger partial charge in [0.1, 0.15) is 0 Å². The Balaban J connectivity index is 2.28. The predicted octanol–water partition coefficient (Wildman–Crippen LogP) is 5.12. The van der Waals surface area contributed by atoms with E-state index in [1.807, 2.05) is 18.2 Å². The molecule has 0 saturated carbocycles. The zero-order valence-corrected chi connectivity index (χ0v) is 15.0. The second-order valence-corrected chi connectivity index (χ2v) is 6.60. The second kappa shape index (κ2) is 8.49. The van der Waals surface area contributed by atoms with Crippen LogP contribution in [-0.4, -0.2) is 24.6 Å². The van der Waals surface area contributed by atoms with Crippen LogP contribution in [0.15, 0.2) is 58.4 Å². The highest BCUT2D eigenvalue weighted by molar-refractivity contribution is 7.99. The molecule has 0 aliphatic rings. The third-order valence-corrected chi connectivity index (χ3v) is 4.82. The number of thioether (sulfide) groups is 1. The van der Waals surface area contributed by atoms with Crippen LogP contribution in [0.1, 0.15) is 5.56 Å². The molecule has 0 spiro atoms. The van der Waals surface area contributed by atoms with Crippen LogP contribution in [0.25, 0.3) is 0 Å². The number of benzene rings is 2. The van der Waals surface area contributed by atoms with Gasteiger partial charge in [0.15, 0.2) is 0 Å². The van der Waals surface area contributed by atoms with Gasteiger partial charge in [-0.2, -0.15) is 13.2 Å². The fourth-order valence-electron chi connectivity index (χ4n) is 2.04. The summed E-state index contributed by atoms with van der Waals surface area (Å²) >= 11 is 7.25. The summed E-state index contributed by atoms with van der Waals surface area (Å²) in [5.41, 5.74) is 6.22. The largest absolute Gasteiger partial charge is 0.416 e. The summed E-state index contributed by atoms with van der Waals surface area (Å²) in [4.78, 5) is 6.68. The van der Waals surface area contributed by atoms with Gasteiger partial charge in [-0.05, 0) is 30.3 Å². The van der Waals surface area contributed by atoms with Crippen molar-refractivity contribution < 1.29 is 13.2 Å². The lowest BCUT2D eigenvalue weighted by Gasteiger charge is -2.20. The monoisotopic (exact) mass is 387 g/mol. The normalized spacial score (nSPS) is 12.3. The first-order valence-corrected chi connectivity index (χ1v) is 8.88. The van der Waals surface area contributed by atoms with E-state index in [-0.39, 0.29) is 5.96 Å². The van der Waals surface area contributed by atoms with Crippen molar-refractivity contribution in [3.63, 3.8) is 0 Å². The van der Waals surface area contributed by atoms with E-state index < -0.39 is 11.7 Å². The molecule has 0 aromatic heterocycles. The van der Waals surface area contributed by atoms with E-state index >= 15 is 0 Å². The lowest BCUT2D eigenvalue weighted by molar-refractivity contribution is -0.137. The van der Waals surface area contributed by atoms with E-state index in [0.29, 0.717) is 17.3 Å². The molecule has 0 radical (unpaired) electrons. The molecule has 0 aliphatic heterocycles. The van der Waals surface area contributed by atoms with Gasteiger partial charge in [-0.3, -0.25) is 0 Å². The van der Waals surface area contributed by atoms with Crippen molar-refractivity contribution in [3.05, 3.63) is 54.1 Å². The summed E-state index contributed by atoms with van der Waals surface area (Å²) in [6.45, 7) is 0. The van der Waals surface area contributed by atoms with E-state index in [0.717, 1.165) is 22.8 Å². The summed E-state index contributed by atoms with van der Waals surface area (Å²) in [5.74, 6) is 1.32. The Hall–Kier alpha value is -1.86. The Bertz CT molecular complexity index is 750. The van der Waals surface area contributed by atoms with Crippen LogP contribution in [-0.2, 0) is 6.18 Å². The van der Waals surface area contributed by atoms with Crippen molar-refractivity contribution in [1.82, 2.24) is 0 Å². The molecular weight excluding hydrogens is 371 g/mol. The van der Waals surface area contributed by atoms with Crippen LogP contribution in [0.5, 0.6) is 0 Å². The maximum Gasteiger partial charge on any atom is 0.416 e. The molecule has 0 fully saturated rings. The van der Waals surface area contributed by atoms with Crippen LogP contribution < -0.4 is 10.6 Å². The van der Waals surface area contributed by atoms with Crippen LogP contribution in [0.2, 0.25) is 0 Å². The molecule has 134 valence electrons. The minimum Gasteiger partial charge on any atom is -0.369 e. The summed E-state index contributed by atoms with van der Waals surface area (Å²) in [7, 11) is 1.57. The van der Waals surface area contributed by atoms with Crippen molar-refractivity contribution in [2.45, 2.75) is 11.1 Å². The average molecular weight is 388 g/mol. The molecule has 2 aromatic rings. The van der Waals surface area contributed by atoms with E-state index in [9.17, 15) is 13.2 Å². The summed E-state index contributed by atoms with van der Waals surface area (Å²) < 4.78 is 38.6. The zero-order valence-electron chi connectivity index (χ0n) is 13.4. The predicted molar refractivity (Wildman–Crippen MR) is 99.0 cm³/mol. The Kier molecular flexibility index (Phi) is 6.61. The molecule has 2 rings (SSSR count). The summed E-state index contributed by atoms with van der Waals surface area (Å²) in [6.07, 6.45) is -4.41. The number of anilines is 1. The van der Waals surface area contributed by atoms with Crippen LogP contribution >= 0.6 is 23.4 Å². The molecule has 2 aromatic carbocycles. The van der Waals surface area contributed by atoms with Crippen molar-refractivity contribution in [3.8, 4) is 0 Å². The standard InChI is InChI=1S/C17H17ClF3N3S/c1-24(13-6-4-5-12(11-13)17(19,20)21)16(22)23-14-7-2-3-8-15(14)25-10-9-18/h2-8,11H,9-10H2,1H3,(H2,22,23). The van der Waals surface area contributed by atoms with Crippen molar-refractivity contribution >= 4 is 40.7 Å². The van der Waals surface area contributed by atoms with Crippen molar-refractivity contribution in [2.75, 3.05) is 23.6 Å². The number of rotatable bonds is 5. The molecular formula is C17H17ClF3N3S. The minimum absolute atomic E-state index is 0.0956. The summed E-state index contributed by atoms with van der Waals surface area (Å²) in [6, 6.07) is 12.3. The van der Waals surface area contributed by atoms with Gasteiger partial charge in [-0.25, -0.2) is 4.99 Å². The SMILES string of the molecule is CN(C(N)=Nc1ccccc1SCCCl)c1cccc(C(F)(F)F)c1. The molecule has 3 nitrogen and oxygen atoms in total. The van der Waals surface area contributed by atoms with Crippen LogP contribution in [0, 0.1) is 0 Å². The number of nitrogens with two attached hydrogens (primary N) is 1. The Morgan fingerprint density at radius 2 is 1.92 bits per heavy atom. The molecule has 0 aliphatic carbocycles. The number of aliphatic imine (C=N–C) groups is 1. The number of hydrogen-bond donors (Lipinski definition) is 1. The van der Waals surface area contributed by atoms with Gasteiger partial charge >= 0.3 is 6.18 Å². The van der Waals surface area contributed by atoms with Gasteiger partial charge in [0.25, 0.3) is 0 Å². The van der Waals surface area contributed by atoms with Crippen LogP contribution in [0.3, 0.4) is 0 Å². The molecule has 0 heterocycles. The Morgan fingerprint density at radius 1 is 1.20 bits per heavy atom. The number of halogens is 4. The van der Waals surface area contributed by atoms with Gasteiger partial charge in [0, 0.05) is 29.3 Å².